The van der Waals surface area contributed by atoms with Crippen molar-refractivity contribution < 1.29 is 17.6 Å². The molecular weight excluding hydrogens is 410 g/mol. The summed E-state index contributed by atoms with van der Waals surface area (Å²) >= 11 is 1.68. The van der Waals surface area contributed by atoms with Gasteiger partial charge in [-0.15, -0.1) is 16.9 Å². The van der Waals surface area contributed by atoms with Crippen molar-refractivity contribution in [1.82, 2.24) is 10.2 Å². The number of carbonyl (C=O) groups excluding carboxylic acids is 1. The van der Waals surface area contributed by atoms with Crippen LogP contribution in [0.1, 0.15) is 30.1 Å². The highest BCUT2D eigenvalue weighted by atomic mass is 32.2. The van der Waals surface area contributed by atoms with Crippen LogP contribution < -0.4 is 5.32 Å². The van der Waals surface area contributed by atoms with Crippen LogP contribution in [-0.2, 0) is 16.3 Å². The zero-order chi connectivity index (χ0) is 20.9. The zero-order valence-corrected chi connectivity index (χ0v) is 17.7. The number of hydrogen-bond donors (Lipinski definition) is 1. The number of nitrogens with zero attached hydrogens (tertiary/aromatic N) is 2. The summed E-state index contributed by atoms with van der Waals surface area (Å²) in [7, 11) is -3.38. The van der Waals surface area contributed by atoms with Crippen molar-refractivity contribution in [3.8, 4) is 0 Å². The molecule has 0 spiro atoms. The monoisotopic (exact) mass is 431 g/mol. The van der Waals surface area contributed by atoms with E-state index in [1.54, 1.807) is 25.6 Å². The van der Waals surface area contributed by atoms with Gasteiger partial charge in [-0.1, -0.05) is 23.3 Å². The van der Waals surface area contributed by atoms with E-state index in [1.165, 1.54) is 24.3 Å². The Kier molecular flexibility index (Phi) is 6.71. The minimum Gasteiger partial charge on any atom is -0.408 e. The van der Waals surface area contributed by atoms with Crippen LogP contribution in [0.5, 0.6) is 0 Å². The first-order chi connectivity index (χ1) is 13.9. The lowest BCUT2D eigenvalue weighted by Crippen LogP contribution is -2.15. The molecule has 1 aromatic heterocycles. The molecule has 0 aliphatic heterocycles. The van der Waals surface area contributed by atoms with E-state index in [1.807, 2.05) is 30.3 Å². The van der Waals surface area contributed by atoms with Crippen molar-refractivity contribution in [3.63, 3.8) is 0 Å². The number of hydrogen-bond acceptors (Lipinski definition) is 7. The standard InChI is InChI=1S/C20H21N3O4S2/c1-14(2)29(25,26)17-10-8-15(9-11-17)19(24)21-20-23-22-18(27-20)12-13-28-16-6-4-3-5-7-16/h3-11,14H,12-13H2,1-2H3,(H,21,23,24). The van der Waals surface area contributed by atoms with Crippen molar-refractivity contribution in [1.29, 1.82) is 0 Å². The van der Waals surface area contributed by atoms with E-state index in [4.69, 9.17) is 4.42 Å². The Bertz CT molecular complexity index is 1060. The number of rotatable bonds is 8. The lowest BCUT2D eigenvalue weighted by Gasteiger charge is -2.08. The molecule has 0 aliphatic carbocycles. The second-order valence-corrected chi connectivity index (χ2v) is 10.2. The Morgan fingerprint density at radius 1 is 1.07 bits per heavy atom. The van der Waals surface area contributed by atoms with Crippen LogP contribution >= 0.6 is 11.8 Å². The molecule has 1 heterocycles. The summed E-state index contributed by atoms with van der Waals surface area (Å²) in [6.07, 6.45) is 0.574. The third kappa shape index (κ3) is 5.45. The first-order valence-electron chi connectivity index (χ1n) is 9.02. The van der Waals surface area contributed by atoms with E-state index in [-0.39, 0.29) is 10.9 Å². The molecule has 2 aromatic carbocycles. The van der Waals surface area contributed by atoms with Gasteiger partial charge in [0.15, 0.2) is 9.84 Å². The molecule has 3 rings (SSSR count). The molecule has 0 aliphatic rings. The van der Waals surface area contributed by atoms with Gasteiger partial charge in [-0.25, -0.2) is 8.42 Å². The number of aromatic nitrogens is 2. The maximum atomic E-state index is 12.3. The van der Waals surface area contributed by atoms with Gasteiger partial charge in [0.25, 0.3) is 5.91 Å². The molecule has 0 atom stereocenters. The van der Waals surface area contributed by atoms with Crippen LogP contribution in [0.15, 0.2) is 68.8 Å². The maximum Gasteiger partial charge on any atom is 0.322 e. The molecule has 0 radical (unpaired) electrons. The molecule has 0 bridgehead atoms. The van der Waals surface area contributed by atoms with Gasteiger partial charge in [0, 0.05) is 22.6 Å². The molecule has 7 nitrogen and oxygen atoms in total. The Balaban J connectivity index is 1.56. The van der Waals surface area contributed by atoms with Gasteiger partial charge in [0.2, 0.25) is 5.89 Å². The van der Waals surface area contributed by atoms with Crippen LogP contribution in [0.2, 0.25) is 0 Å². The second kappa shape index (κ2) is 9.23. The Morgan fingerprint density at radius 3 is 2.41 bits per heavy atom. The van der Waals surface area contributed by atoms with E-state index < -0.39 is 21.0 Å². The summed E-state index contributed by atoms with van der Waals surface area (Å²) in [5.41, 5.74) is 0.298. The van der Waals surface area contributed by atoms with Crippen LogP contribution in [0.4, 0.5) is 6.01 Å². The van der Waals surface area contributed by atoms with Crippen LogP contribution in [0.3, 0.4) is 0 Å². The molecule has 0 saturated carbocycles. The fourth-order valence-corrected chi connectivity index (χ4v) is 4.34. The molecular formula is C20H21N3O4S2. The summed E-state index contributed by atoms with van der Waals surface area (Å²) in [5, 5.41) is 9.77. The minimum atomic E-state index is -3.38. The van der Waals surface area contributed by atoms with Gasteiger partial charge in [0.05, 0.1) is 10.1 Å². The van der Waals surface area contributed by atoms with Crippen molar-refractivity contribution in [3.05, 3.63) is 66.1 Å². The predicted molar refractivity (Wildman–Crippen MR) is 112 cm³/mol. The van der Waals surface area contributed by atoms with Gasteiger partial charge in [-0.2, -0.15) is 0 Å². The number of anilines is 1. The van der Waals surface area contributed by atoms with Gasteiger partial charge in [-0.3, -0.25) is 10.1 Å². The molecule has 29 heavy (non-hydrogen) atoms. The Labute approximate surface area is 173 Å². The maximum absolute atomic E-state index is 12.3. The predicted octanol–water partition coefficient (Wildman–Crippen LogP) is 3.84. The topological polar surface area (TPSA) is 102 Å². The molecule has 9 heteroatoms. The quantitative estimate of drug-likeness (QED) is 0.541. The van der Waals surface area contributed by atoms with Crippen LogP contribution in [0.25, 0.3) is 0 Å². The summed E-state index contributed by atoms with van der Waals surface area (Å²) < 4.78 is 29.8. The Morgan fingerprint density at radius 2 is 1.76 bits per heavy atom. The zero-order valence-electron chi connectivity index (χ0n) is 16.0. The summed E-state index contributed by atoms with van der Waals surface area (Å²) in [4.78, 5) is 13.7. The van der Waals surface area contributed by atoms with Crippen molar-refractivity contribution in [2.75, 3.05) is 11.1 Å². The van der Waals surface area contributed by atoms with Crippen molar-refractivity contribution >= 4 is 33.5 Å². The van der Waals surface area contributed by atoms with E-state index in [9.17, 15) is 13.2 Å². The molecule has 0 fully saturated rings. The highest BCUT2D eigenvalue weighted by Gasteiger charge is 2.19. The average molecular weight is 432 g/mol. The van der Waals surface area contributed by atoms with Crippen molar-refractivity contribution in [2.24, 2.45) is 0 Å². The SMILES string of the molecule is CC(C)S(=O)(=O)c1ccc(C(=O)Nc2nnc(CCSc3ccccc3)o2)cc1. The van der Waals surface area contributed by atoms with Crippen LogP contribution in [-0.4, -0.2) is 35.5 Å². The lowest BCUT2D eigenvalue weighted by atomic mass is 10.2. The Hall–Kier alpha value is -2.65. The highest BCUT2D eigenvalue weighted by molar-refractivity contribution is 7.99. The van der Waals surface area contributed by atoms with Crippen LogP contribution in [0, 0.1) is 0 Å². The third-order valence-electron chi connectivity index (χ3n) is 4.08. The smallest absolute Gasteiger partial charge is 0.322 e. The number of amides is 1. The van der Waals surface area contributed by atoms with E-state index in [0.717, 1.165) is 10.6 Å². The van der Waals surface area contributed by atoms with E-state index in [0.29, 0.717) is 17.9 Å². The molecule has 1 N–H and O–H groups in total. The molecule has 0 saturated heterocycles. The number of sulfone groups is 1. The van der Waals surface area contributed by atoms with Crippen molar-refractivity contribution in [2.45, 2.75) is 35.3 Å². The lowest BCUT2D eigenvalue weighted by molar-refractivity contribution is 0.102. The second-order valence-electron chi connectivity index (χ2n) is 6.48. The fraction of sp³-hybridized carbons (Fsp3) is 0.250. The van der Waals surface area contributed by atoms with E-state index >= 15 is 0 Å². The van der Waals surface area contributed by atoms with Gasteiger partial charge in [-0.05, 0) is 50.2 Å². The summed E-state index contributed by atoms with van der Waals surface area (Å²) in [6.45, 7) is 3.23. The third-order valence-corrected chi connectivity index (χ3v) is 7.26. The number of benzene rings is 2. The molecule has 3 aromatic rings. The molecule has 152 valence electrons. The van der Waals surface area contributed by atoms with Gasteiger partial charge < -0.3 is 4.42 Å². The first kappa shape index (κ1) is 21.1. The first-order valence-corrected chi connectivity index (χ1v) is 11.5. The van der Waals surface area contributed by atoms with E-state index in [2.05, 4.69) is 15.5 Å². The summed E-state index contributed by atoms with van der Waals surface area (Å²) in [6, 6.07) is 15.7. The van der Waals surface area contributed by atoms with Gasteiger partial charge in [0.1, 0.15) is 0 Å². The highest BCUT2D eigenvalue weighted by Crippen LogP contribution is 2.19. The van der Waals surface area contributed by atoms with Gasteiger partial charge >= 0.3 is 6.01 Å². The molecule has 0 unspecified atom stereocenters. The molecule has 1 amide bonds. The normalized spacial score (nSPS) is 11.6. The fourth-order valence-electron chi connectivity index (χ4n) is 2.42. The number of nitrogens with one attached hydrogen (secondary N) is 1. The largest absolute Gasteiger partial charge is 0.408 e. The number of aryl methyl sites for hydroxylation is 1. The summed E-state index contributed by atoms with van der Waals surface area (Å²) in [5.74, 6) is 0.750. The number of carbonyl (C=O) groups is 1. The number of thioether (sulfide) groups is 1. The minimum absolute atomic E-state index is 0.00795. The average Bonchev–Trinajstić information content (AvgIpc) is 3.16.